The van der Waals surface area contributed by atoms with Crippen LogP contribution >= 0.6 is 24.0 Å². The summed E-state index contributed by atoms with van der Waals surface area (Å²) in [6, 6.07) is 10.3. The summed E-state index contributed by atoms with van der Waals surface area (Å²) in [5.41, 5.74) is 1.36. The highest BCUT2D eigenvalue weighted by Gasteiger charge is 2.20. The number of nitrogens with one attached hydrogen (secondary N) is 2. The van der Waals surface area contributed by atoms with Crippen LogP contribution in [-0.2, 0) is 13.1 Å². The van der Waals surface area contributed by atoms with Gasteiger partial charge in [0.15, 0.2) is 5.96 Å². The van der Waals surface area contributed by atoms with Crippen molar-refractivity contribution < 1.29 is 13.2 Å². The number of aliphatic imine (C=N–C) groups is 1. The summed E-state index contributed by atoms with van der Waals surface area (Å²) in [6.45, 7) is 2.81. The number of benzene rings is 2. The van der Waals surface area contributed by atoms with Crippen molar-refractivity contribution in [1.29, 1.82) is 0 Å². The maximum absolute atomic E-state index is 13.7. The molecule has 0 atom stereocenters. The Balaban J connectivity index is 0.00000300. The second-order valence-electron chi connectivity index (χ2n) is 6.98. The molecule has 1 fully saturated rings. The number of likely N-dealkylation sites (tertiary alicyclic amines) is 1. The van der Waals surface area contributed by atoms with Gasteiger partial charge in [-0.3, -0.25) is 9.89 Å². The van der Waals surface area contributed by atoms with E-state index in [2.05, 4.69) is 20.5 Å². The van der Waals surface area contributed by atoms with Crippen LogP contribution in [0.3, 0.4) is 0 Å². The summed E-state index contributed by atoms with van der Waals surface area (Å²) < 4.78 is 40.0. The summed E-state index contributed by atoms with van der Waals surface area (Å²) in [5.74, 6) is -0.558. The van der Waals surface area contributed by atoms with Crippen LogP contribution in [0.15, 0.2) is 47.5 Å². The minimum atomic E-state index is -0.463. The SMILES string of the molecule is CN=C(NCc1cc(F)ccc1F)NC1CCN(Cc2ccc(F)cc2)CC1.I. The smallest absolute Gasteiger partial charge is 0.191 e. The van der Waals surface area contributed by atoms with Gasteiger partial charge in [0, 0.05) is 44.8 Å². The second kappa shape index (κ2) is 11.4. The third-order valence-corrected chi connectivity index (χ3v) is 4.93. The van der Waals surface area contributed by atoms with Crippen molar-refractivity contribution in [2.75, 3.05) is 20.1 Å². The van der Waals surface area contributed by atoms with Gasteiger partial charge in [-0.25, -0.2) is 13.2 Å². The number of guanidine groups is 1. The summed E-state index contributed by atoms with van der Waals surface area (Å²) in [6.07, 6.45) is 1.88. The molecule has 0 aliphatic carbocycles. The lowest BCUT2D eigenvalue weighted by atomic mass is 10.0. The molecule has 158 valence electrons. The first-order valence-electron chi connectivity index (χ1n) is 9.41. The van der Waals surface area contributed by atoms with Crippen molar-refractivity contribution in [3.8, 4) is 0 Å². The van der Waals surface area contributed by atoms with Gasteiger partial charge in [0.25, 0.3) is 0 Å². The third kappa shape index (κ3) is 7.18. The number of piperidine rings is 1. The van der Waals surface area contributed by atoms with Crippen LogP contribution in [0.1, 0.15) is 24.0 Å². The molecule has 1 heterocycles. The van der Waals surface area contributed by atoms with Gasteiger partial charge in [-0.2, -0.15) is 0 Å². The van der Waals surface area contributed by atoms with Crippen molar-refractivity contribution in [3.05, 3.63) is 71.0 Å². The van der Waals surface area contributed by atoms with E-state index in [1.165, 1.54) is 18.2 Å². The van der Waals surface area contributed by atoms with Crippen molar-refractivity contribution in [1.82, 2.24) is 15.5 Å². The van der Waals surface area contributed by atoms with Crippen LogP contribution in [0, 0.1) is 17.5 Å². The normalized spacial score (nSPS) is 15.7. The summed E-state index contributed by atoms with van der Waals surface area (Å²) in [5, 5.41) is 6.39. The van der Waals surface area contributed by atoms with Crippen molar-refractivity contribution >= 4 is 29.9 Å². The molecule has 1 aliphatic rings. The fraction of sp³-hybridized carbons (Fsp3) is 0.381. The number of hydrogen-bond donors (Lipinski definition) is 2. The molecule has 0 aromatic heterocycles. The highest BCUT2D eigenvalue weighted by atomic mass is 127. The molecule has 2 aromatic carbocycles. The van der Waals surface area contributed by atoms with Crippen LogP contribution in [0.25, 0.3) is 0 Å². The van der Waals surface area contributed by atoms with Gasteiger partial charge in [0.05, 0.1) is 0 Å². The van der Waals surface area contributed by atoms with Crippen LogP contribution in [-0.4, -0.2) is 37.0 Å². The first-order valence-corrected chi connectivity index (χ1v) is 9.41. The number of nitrogens with zero attached hydrogens (tertiary/aromatic N) is 2. The molecular weight excluding hydrogens is 492 g/mol. The quantitative estimate of drug-likeness (QED) is 0.357. The largest absolute Gasteiger partial charge is 0.354 e. The monoisotopic (exact) mass is 518 g/mol. The second-order valence-corrected chi connectivity index (χ2v) is 6.98. The predicted octanol–water partition coefficient (Wildman–Crippen LogP) is 4.05. The lowest BCUT2D eigenvalue weighted by Crippen LogP contribution is -2.48. The first kappa shape index (κ1) is 23.5. The lowest BCUT2D eigenvalue weighted by molar-refractivity contribution is 0.198. The zero-order valence-corrected chi connectivity index (χ0v) is 18.6. The molecule has 0 radical (unpaired) electrons. The fourth-order valence-electron chi connectivity index (χ4n) is 3.33. The molecule has 1 saturated heterocycles. The average Bonchev–Trinajstić information content (AvgIpc) is 2.70. The fourth-order valence-corrected chi connectivity index (χ4v) is 3.33. The molecule has 0 spiro atoms. The standard InChI is InChI=1S/C21H25F3N4.HI/c1-25-21(26-13-16-12-18(23)6-7-20(16)24)27-19-8-10-28(11-9-19)14-15-2-4-17(22)5-3-15;/h2-7,12,19H,8-11,13-14H2,1H3,(H2,25,26,27);1H. The van der Waals surface area contributed by atoms with Gasteiger partial charge < -0.3 is 10.6 Å². The van der Waals surface area contributed by atoms with Crippen LogP contribution in [0.4, 0.5) is 13.2 Å². The Morgan fingerprint density at radius 2 is 1.69 bits per heavy atom. The molecule has 2 N–H and O–H groups in total. The summed E-state index contributed by atoms with van der Waals surface area (Å²) in [4.78, 5) is 6.51. The van der Waals surface area contributed by atoms with E-state index in [9.17, 15) is 13.2 Å². The van der Waals surface area contributed by atoms with E-state index < -0.39 is 11.6 Å². The topological polar surface area (TPSA) is 39.7 Å². The highest BCUT2D eigenvalue weighted by molar-refractivity contribution is 14.0. The van der Waals surface area contributed by atoms with Gasteiger partial charge in [0.1, 0.15) is 17.5 Å². The molecule has 3 rings (SSSR count). The summed E-state index contributed by atoms with van der Waals surface area (Å²) >= 11 is 0. The van der Waals surface area contributed by atoms with Crippen molar-refractivity contribution in [2.45, 2.75) is 32.0 Å². The molecule has 8 heteroatoms. The Kier molecular flexibility index (Phi) is 9.22. The van der Waals surface area contributed by atoms with Gasteiger partial charge in [0.2, 0.25) is 0 Å². The van der Waals surface area contributed by atoms with Crippen LogP contribution in [0.5, 0.6) is 0 Å². The molecule has 2 aromatic rings. The summed E-state index contributed by atoms with van der Waals surface area (Å²) in [7, 11) is 1.65. The molecular formula is C21H26F3IN4. The Morgan fingerprint density at radius 1 is 1.03 bits per heavy atom. The van der Waals surface area contributed by atoms with E-state index in [4.69, 9.17) is 0 Å². The van der Waals surface area contributed by atoms with Gasteiger partial charge in [-0.05, 0) is 48.7 Å². The van der Waals surface area contributed by atoms with E-state index in [-0.39, 0.29) is 47.9 Å². The van der Waals surface area contributed by atoms with E-state index in [1.807, 2.05) is 12.1 Å². The zero-order valence-electron chi connectivity index (χ0n) is 16.3. The maximum Gasteiger partial charge on any atom is 0.191 e. The lowest BCUT2D eigenvalue weighted by Gasteiger charge is -2.33. The van der Waals surface area contributed by atoms with Gasteiger partial charge in [-0.15, -0.1) is 24.0 Å². The first-order chi connectivity index (χ1) is 13.5. The van der Waals surface area contributed by atoms with Crippen LogP contribution < -0.4 is 10.6 Å². The van der Waals surface area contributed by atoms with Gasteiger partial charge >= 0.3 is 0 Å². The Hall–Kier alpha value is -1.81. The molecule has 0 saturated carbocycles. The van der Waals surface area contributed by atoms with E-state index >= 15 is 0 Å². The van der Waals surface area contributed by atoms with E-state index in [0.29, 0.717) is 5.96 Å². The molecule has 1 aliphatic heterocycles. The maximum atomic E-state index is 13.7. The van der Waals surface area contributed by atoms with Gasteiger partial charge in [-0.1, -0.05) is 12.1 Å². The Bertz CT molecular complexity index is 806. The van der Waals surface area contributed by atoms with E-state index in [0.717, 1.165) is 50.2 Å². The number of halogens is 4. The van der Waals surface area contributed by atoms with Crippen LogP contribution in [0.2, 0.25) is 0 Å². The third-order valence-electron chi connectivity index (χ3n) is 4.93. The molecule has 4 nitrogen and oxygen atoms in total. The molecule has 0 amide bonds. The van der Waals surface area contributed by atoms with Crippen molar-refractivity contribution in [3.63, 3.8) is 0 Å². The predicted molar refractivity (Wildman–Crippen MR) is 120 cm³/mol. The zero-order chi connectivity index (χ0) is 19.9. The number of hydrogen-bond acceptors (Lipinski definition) is 2. The van der Waals surface area contributed by atoms with E-state index in [1.54, 1.807) is 7.05 Å². The number of rotatable bonds is 5. The average molecular weight is 518 g/mol. The molecule has 0 unspecified atom stereocenters. The minimum absolute atomic E-state index is 0. The highest BCUT2D eigenvalue weighted by Crippen LogP contribution is 2.14. The Morgan fingerprint density at radius 3 is 2.34 bits per heavy atom. The molecule has 29 heavy (non-hydrogen) atoms. The Labute approximate surface area is 186 Å². The minimum Gasteiger partial charge on any atom is -0.354 e. The van der Waals surface area contributed by atoms with Crippen molar-refractivity contribution in [2.24, 2.45) is 4.99 Å². The molecule has 0 bridgehead atoms.